The zero-order valence-electron chi connectivity index (χ0n) is 15.2. The molecule has 3 rings (SSSR count). The van der Waals surface area contributed by atoms with Crippen molar-refractivity contribution in [1.29, 1.82) is 0 Å². The van der Waals surface area contributed by atoms with E-state index in [1.54, 1.807) is 20.3 Å². The summed E-state index contributed by atoms with van der Waals surface area (Å²) in [5.41, 5.74) is 1.53. The van der Waals surface area contributed by atoms with E-state index in [9.17, 15) is 9.18 Å². The second-order valence-electron chi connectivity index (χ2n) is 5.71. The molecule has 0 saturated heterocycles. The van der Waals surface area contributed by atoms with E-state index in [0.717, 1.165) is 5.56 Å². The highest BCUT2D eigenvalue weighted by Crippen LogP contribution is 2.38. The molecule has 0 unspecified atom stereocenters. The third kappa shape index (κ3) is 4.28. The fraction of sp³-hybridized carbons (Fsp3) is 0.263. The summed E-state index contributed by atoms with van der Waals surface area (Å²) in [5.74, 6) is 1.09. The van der Waals surface area contributed by atoms with Gasteiger partial charge in [0.15, 0.2) is 16.6 Å². The van der Waals surface area contributed by atoms with Crippen molar-refractivity contribution >= 4 is 32.6 Å². The highest BCUT2D eigenvalue weighted by atomic mass is 32.1. The Morgan fingerprint density at radius 3 is 2.44 bits per heavy atom. The highest BCUT2D eigenvalue weighted by molar-refractivity contribution is 7.22. The van der Waals surface area contributed by atoms with E-state index in [4.69, 9.17) is 14.2 Å². The molecule has 27 heavy (non-hydrogen) atoms. The standard InChI is InChI=1S/C19H19FN2O4S/c1-24-14-8-11(9-15(25-2)18(14)26-3)4-7-17(23)22-19-21-13-6-5-12(20)10-16(13)27-19/h5-6,8-10H,4,7H2,1-3H3,(H,21,22,23). The lowest BCUT2D eigenvalue weighted by atomic mass is 10.1. The van der Waals surface area contributed by atoms with Crippen LogP contribution in [0.4, 0.5) is 9.52 Å². The number of aryl methyl sites for hydroxylation is 1. The predicted molar refractivity (Wildman–Crippen MR) is 103 cm³/mol. The molecule has 6 nitrogen and oxygen atoms in total. The molecule has 1 aromatic heterocycles. The van der Waals surface area contributed by atoms with Gasteiger partial charge < -0.3 is 19.5 Å². The Labute approximate surface area is 159 Å². The number of nitrogens with zero attached hydrogens (tertiary/aromatic N) is 1. The number of aromatic nitrogens is 1. The number of rotatable bonds is 7. The van der Waals surface area contributed by atoms with Crippen LogP contribution in [0, 0.1) is 5.82 Å². The van der Waals surface area contributed by atoms with E-state index < -0.39 is 0 Å². The van der Waals surface area contributed by atoms with Gasteiger partial charge in [0.1, 0.15) is 5.82 Å². The lowest BCUT2D eigenvalue weighted by Crippen LogP contribution is -2.12. The molecule has 2 aromatic carbocycles. The van der Waals surface area contributed by atoms with E-state index in [2.05, 4.69) is 10.3 Å². The van der Waals surface area contributed by atoms with Crippen molar-refractivity contribution in [3.05, 3.63) is 41.7 Å². The maximum Gasteiger partial charge on any atom is 0.226 e. The molecular formula is C19H19FN2O4S. The average molecular weight is 390 g/mol. The van der Waals surface area contributed by atoms with Crippen LogP contribution in [0.2, 0.25) is 0 Å². The van der Waals surface area contributed by atoms with Crippen LogP contribution in [0.25, 0.3) is 10.2 Å². The van der Waals surface area contributed by atoms with E-state index >= 15 is 0 Å². The molecule has 1 amide bonds. The largest absolute Gasteiger partial charge is 0.493 e. The van der Waals surface area contributed by atoms with Crippen molar-refractivity contribution in [3.63, 3.8) is 0 Å². The molecule has 0 bridgehead atoms. The molecule has 1 N–H and O–H groups in total. The molecule has 0 spiro atoms. The average Bonchev–Trinajstić information content (AvgIpc) is 3.06. The molecule has 1 heterocycles. The van der Waals surface area contributed by atoms with E-state index in [-0.39, 0.29) is 18.1 Å². The van der Waals surface area contributed by atoms with Gasteiger partial charge in [-0.25, -0.2) is 9.37 Å². The molecule has 0 aliphatic rings. The van der Waals surface area contributed by atoms with Crippen LogP contribution < -0.4 is 19.5 Å². The number of fused-ring (bicyclic) bond motifs is 1. The van der Waals surface area contributed by atoms with Crippen LogP contribution in [-0.2, 0) is 11.2 Å². The van der Waals surface area contributed by atoms with Crippen LogP contribution in [0.1, 0.15) is 12.0 Å². The first kappa shape index (κ1) is 18.9. The van der Waals surface area contributed by atoms with E-state index in [1.165, 1.54) is 30.6 Å². The zero-order valence-corrected chi connectivity index (χ0v) is 16.0. The molecule has 0 fully saturated rings. The van der Waals surface area contributed by atoms with E-state index in [0.29, 0.717) is 39.0 Å². The minimum Gasteiger partial charge on any atom is -0.493 e. The Balaban J connectivity index is 1.67. The summed E-state index contributed by atoms with van der Waals surface area (Å²) in [5, 5.41) is 3.21. The van der Waals surface area contributed by atoms with Gasteiger partial charge in [-0.15, -0.1) is 0 Å². The summed E-state index contributed by atoms with van der Waals surface area (Å²) >= 11 is 1.24. The highest BCUT2D eigenvalue weighted by Gasteiger charge is 2.14. The number of benzene rings is 2. The number of hydrogen-bond donors (Lipinski definition) is 1. The summed E-state index contributed by atoms with van der Waals surface area (Å²) < 4.78 is 29.9. The molecule has 0 saturated carbocycles. The molecular weight excluding hydrogens is 371 g/mol. The Kier molecular flexibility index (Phi) is 5.75. The smallest absolute Gasteiger partial charge is 0.226 e. The number of carbonyl (C=O) groups is 1. The third-order valence-corrected chi connectivity index (χ3v) is 4.90. The number of methoxy groups -OCH3 is 3. The summed E-state index contributed by atoms with van der Waals surface area (Å²) in [4.78, 5) is 16.5. The number of hydrogen-bond acceptors (Lipinski definition) is 6. The summed E-state index contributed by atoms with van der Waals surface area (Å²) in [6.45, 7) is 0. The van der Waals surface area contributed by atoms with Gasteiger partial charge in [0.2, 0.25) is 11.7 Å². The Hall–Kier alpha value is -2.87. The number of carbonyl (C=O) groups excluding carboxylic acids is 1. The number of ether oxygens (including phenoxy) is 3. The van der Waals surface area contributed by atoms with Crippen molar-refractivity contribution in [2.45, 2.75) is 12.8 Å². The van der Waals surface area contributed by atoms with Gasteiger partial charge in [0.05, 0.1) is 31.5 Å². The van der Waals surface area contributed by atoms with Crippen molar-refractivity contribution in [2.75, 3.05) is 26.6 Å². The molecule has 0 atom stereocenters. The van der Waals surface area contributed by atoms with Gasteiger partial charge in [-0.2, -0.15) is 0 Å². The van der Waals surface area contributed by atoms with Crippen LogP contribution in [0.3, 0.4) is 0 Å². The maximum absolute atomic E-state index is 13.3. The Morgan fingerprint density at radius 2 is 1.81 bits per heavy atom. The van der Waals surface area contributed by atoms with Gasteiger partial charge in [0.25, 0.3) is 0 Å². The predicted octanol–water partition coefficient (Wildman–Crippen LogP) is 4.03. The molecule has 8 heteroatoms. The van der Waals surface area contributed by atoms with Gasteiger partial charge in [0, 0.05) is 6.42 Å². The third-order valence-electron chi connectivity index (χ3n) is 3.96. The quantitative estimate of drug-likeness (QED) is 0.660. The lowest BCUT2D eigenvalue weighted by Gasteiger charge is -2.14. The summed E-state index contributed by atoms with van der Waals surface area (Å²) in [6, 6.07) is 7.97. The second-order valence-corrected chi connectivity index (χ2v) is 6.74. The first-order valence-electron chi connectivity index (χ1n) is 8.19. The topological polar surface area (TPSA) is 69.7 Å². The number of amides is 1. The second kappa shape index (κ2) is 8.22. The monoisotopic (exact) mass is 390 g/mol. The van der Waals surface area contributed by atoms with Gasteiger partial charge in [-0.1, -0.05) is 11.3 Å². The fourth-order valence-corrected chi connectivity index (χ4v) is 3.58. The zero-order chi connectivity index (χ0) is 19.4. The Morgan fingerprint density at radius 1 is 1.11 bits per heavy atom. The van der Waals surface area contributed by atoms with Gasteiger partial charge >= 0.3 is 0 Å². The fourth-order valence-electron chi connectivity index (χ4n) is 2.67. The van der Waals surface area contributed by atoms with Gasteiger partial charge in [-0.3, -0.25) is 4.79 Å². The van der Waals surface area contributed by atoms with Crippen LogP contribution in [0.5, 0.6) is 17.2 Å². The van der Waals surface area contributed by atoms with E-state index in [1.807, 2.05) is 12.1 Å². The Bertz CT molecular complexity index is 948. The number of thiazole rings is 1. The lowest BCUT2D eigenvalue weighted by molar-refractivity contribution is -0.116. The molecule has 0 aliphatic heterocycles. The van der Waals surface area contributed by atoms with Crippen LogP contribution in [0.15, 0.2) is 30.3 Å². The van der Waals surface area contributed by atoms with Crippen molar-refractivity contribution in [3.8, 4) is 17.2 Å². The normalized spacial score (nSPS) is 10.7. The number of nitrogens with one attached hydrogen (secondary N) is 1. The number of anilines is 1. The first-order valence-corrected chi connectivity index (χ1v) is 9.00. The maximum atomic E-state index is 13.3. The van der Waals surface area contributed by atoms with Crippen molar-refractivity contribution < 1.29 is 23.4 Å². The van der Waals surface area contributed by atoms with Crippen molar-refractivity contribution in [2.24, 2.45) is 0 Å². The summed E-state index contributed by atoms with van der Waals surface area (Å²) in [7, 11) is 4.63. The number of halogens is 1. The first-order chi connectivity index (χ1) is 13.0. The summed E-state index contributed by atoms with van der Waals surface area (Å²) in [6.07, 6.45) is 0.741. The SMILES string of the molecule is COc1cc(CCC(=O)Nc2nc3ccc(F)cc3s2)cc(OC)c1OC. The van der Waals surface area contributed by atoms with Crippen molar-refractivity contribution in [1.82, 2.24) is 4.98 Å². The van der Waals surface area contributed by atoms with Crippen LogP contribution in [-0.4, -0.2) is 32.2 Å². The minimum atomic E-state index is -0.327. The molecule has 0 radical (unpaired) electrons. The van der Waals surface area contributed by atoms with Gasteiger partial charge in [-0.05, 0) is 42.3 Å². The molecule has 3 aromatic rings. The minimum absolute atomic E-state index is 0.178. The molecule has 0 aliphatic carbocycles. The molecule has 142 valence electrons. The van der Waals surface area contributed by atoms with Crippen LogP contribution >= 0.6 is 11.3 Å².